The lowest BCUT2D eigenvalue weighted by Gasteiger charge is -2.31. The van der Waals surface area contributed by atoms with Gasteiger partial charge in [-0.2, -0.15) is 4.98 Å². The number of aromatic nitrogens is 3. The molecular weight excluding hydrogens is 246 g/mol. The Morgan fingerprint density at radius 3 is 2.84 bits per heavy atom. The van der Waals surface area contributed by atoms with E-state index < -0.39 is 5.97 Å². The van der Waals surface area contributed by atoms with E-state index in [0.717, 1.165) is 5.69 Å². The first-order chi connectivity index (χ1) is 9.15. The summed E-state index contributed by atoms with van der Waals surface area (Å²) in [4.78, 5) is 17.3. The van der Waals surface area contributed by atoms with E-state index in [9.17, 15) is 4.79 Å². The summed E-state index contributed by atoms with van der Waals surface area (Å²) in [6.45, 7) is 1.42. The molecule has 1 saturated heterocycles. The van der Waals surface area contributed by atoms with E-state index in [0.29, 0.717) is 31.6 Å². The Morgan fingerprint density at radius 1 is 1.42 bits per heavy atom. The third kappa shape index (κ3) is 2.07. The standard InChI is InChI=1S/C12H15N5O2/c13-12-14-10-9(2-1-5-17(10)15-12)16-6-3-8(4-7-16)11(18)19/h1-2,5,8H,3-4,6-7H2,(H2,13,15)(H,18,19). The summed E-state index contributed by atoms with van der Waals surface area (Å²) < 4.78 is 1.65. The molecule has 0 radical (unpaired) electrons. The number of carboxylic acid groups (broad SMARTS) is 1. The quantitative estimate of drug-likeness (QED) is 0.822. The summed E-state index contributed by atoms with van der Waals surface area (Å²) >= 11 is 0. The molecule has 0 bridgehead atoms. The van der Waals surface area contributed by atoms with E-state index in [-0.39, 0.29) is 11.9 Å². The van der Waals surface area contributed by atoms with Gasteiger partial charge in [-0.25, -0.2) is 4.52 Å². The number of anilines is 2. The third-order valence-electron chi connectivity index (χ3n) is 3.54. The third-order valence-corrected chi connectivity index (χ3v) is 3.54. The fourth-order valence-corrected chi connectivity index (χ4v) is 2.52. The smallest absolute Gasteiger partial charge is 0.306 e. The highest BCUT2D eigenvalue weighted by molar-refractivity contribution is 5.72. The van der Waals surface area contributed by atoms with Crippen molar-refractivity contribution in [3.8, 4) is 0 Å². The van der Waals surface area contributed by atoms with Gasteiger partial charge in [-0.15, -0.1) is 5.10 Å². The topological polar surface area (TPSA) is 96.8 Å². The molecule has 2 aromatic rings. The molecule has 1 aliphatic rings. The summed E-state index contributed by atoms with van der Waals surface area (Å²) in [5, 5.41) is 13.1. The summed E-state index contributed by atoms with van der Waals surface area (Å²) in [6.07, 6.45) is 3.10. The summed E-state index contributed by atoms with van der Waals surface area (Å²) in [6, 6.07) is 3.85. The fraction of sp³-hybridized carbons (Fsp3) is 0.417. The predicted octanol–water partition coefficient (Wildman–Crippen LogP) is 0.612. The Balaban J connectivity index is 1.87. The monoisotopic (exact) mass is 261 g/mol. The first-order valence-electron chi connectivity index (χ1n) is 6.24. The van der Waals surface area contributed by atoms with Crippen LogP contribution in [0.3, 0.4) is 0 Å². The molecule has 3 heterocycles. The number of nitrogens with zero attached hydrogens (tertiary/aromatic N) is 4. The van der Waals surface area contributed by atoms with Gasteiger partial charge in [-0.05, 0) is 25.0 Å². The van der Waals surface area contributed by atoms with Crippen LogP contribution in [0.25, 0.3) is 5.65 Å². The van der Waals surface area contributed by atoms with E-state index in [1.807, 2.05) is 12.1 Å². The van der Waals surface area contributed by atoms with E-state index in [2.05, 4.69) is 15.0 Å². The Bertz CT molecular complexity index is 616. The lowest BCUT2D eigenvalue weighted by atomic mass is 9.97. The molecule has 100 valence electrons. The van der Waals surface area contributed by atoms with Crippen molar-refractivity contribution in [2.24, 2.45) is 5.92 Å². The fourth-order valence-electron chi connectivity index (χ4n) is 2.52. The molecule has 0 aromatic carbocycles. The molecule has 0 atom stereocenters. The van der Waals surface area contributed by atoms with Crippen molar-refractivity contribution in [3.63, 3.8) is 0 Å². The van der Waals surface area contributed by atoms with Crippen LogP contribution in [-0.2, 0) is 4.79 Å². The average Bonchev–Trinajstić information content (AvgIpc) is 2.78. The number of carbonyl (C=O) groups is 1. The number of aliphatic carboxylic acids is 1. The summed E-state index contributed by atoms with van der Waals surface area (Å²) in [7, 11) is 0. The molecule has 3 N–H and O–H groups in total. The number of pyridine rings is 1. The van der Waals surface area contributed by atoms with Gasteiger partial charge >= 0.3 is 5.97 Å². The minimum absolute atomic E-state index is 0.237. The molecule has 19 heavy (non-hydrogen) atoms. The van der Waals surface area contributed by atoms with Crippen LogP contribution in [0.15, 0.2) is 18.3 Å². The molecule has 1 aliphatic heterocycles. The Morgan fingerprint density at radius 2 is 2.16 bits per heavy atom. The number of hydrogen-bond donors (Lipinski definition) is 2. The second kappa shape index (κ2) is 4.42. The molecule has 2 aromatic heterocycles. The summed E-state index contributed by atoms with van der Waals surface area (Å²) in [5.74, 6) is -0.698. The normalized spacial score (nSPS) is 16.9. The van der Waals surface area contributed by atoms with Crippen LogP contribution in [0.1, 0.15) is 12.8 Å². The van der Waals surface area contributed by atoms with Gasteiger partial charge in [0.25, 0.3) is 0 Å². The molecule has 1 fully saturated rings. The van der Waals surface area contributed by atoms with Crippen LogP contribution in [-0.4, -0.2) is 38.8 Å². The molecule has 0 aliphatic carbocycles. The van der Waals surface area contributed by atoms with E-state index in [1.54, 1.807) is 10.7 Å². The van der Waals surface area contributed by atoms with Crippen molar-refractivity contribution in [1.29, 1.82) is 0 Å². The van der Waals surface area contributed by atoms with Gasteiger partial charge in [0.15, 0.2) is 5.65 Å². The highest BCUT2D eigenvalue weighted by atomic mass is 16.4. The zero-order valence-corrected chi connectivity index (χ0v) is 10.4. The van der Waals surface area contributed by atoms with Crippen LogP contribution in [0.2, 0.25) is 0 Å². The number of nitrogen functional groups attached to an aromatic ring is 1. The van der Waals surface area contributed by atoms with Gasteiger partial charge in [0.1, 0.15) is 0 Å². The van der Waals surface area contributed by atoms with Crippen LogP contribution < -0.4 is 10.6 Å². The van der Waals surface area contributed by atoms with Crippen molar-refractivity contribution < 1.29 is 9.90 Å². The minimum Gasteiger partial charge on any atom is -0.481 e. The van der Waals surface area contributed by atoms with Crippen molar-refractivity contribution in [3.05, 3.63) is 18.3 Å². The van der Waals surface area contributed by atoms with Crippen molar-refractivity contribution in [2.45, 2.75) is 12.8 Å². The average molecular weight is 261 g/mol. The number of hydrogen-bond acceptors (Lipinski definition) is 5. The second-order valence-electron chi connectivity index (χ2n) is 4.73. The predicted molar refractivity (Wildman–Crippen MR) is 70.0 cm³/mol. The van der Waals surface area contributed by atoms with Gasteiger partial charge in [0, 0.05) is 19.3 Å². The first-order valence-corrected chi connectivity index (χ1v) is 6.24. The zero-order chi connectivity index (χ0) is 13.4. The Hall–Kier alpha value is -2.31. The molecular formula is C12H15N5O2. The van der Waals surface area contributed by atoms with Crippen molar-refractivity contribution in [2.75, 3.05) is 23.7 Å². The lowest BCUT2D eigenvalue weighted by molar-refractivity contribution is -0.142. The Kier molecular flexibility index (Phi) is 2.73. The maximum Gasteiger partial charge on any atom is 0.306 e. The molecule has 7 heteroatoms. The van der Waals surface area contributed by atoms with Gasteiger partial charge in [0.2, 0.25) is 5.95 Å². The van der Waals surface area contributed by atoms with Crippen LogP contribution in [0.4, 0.5) is 11.6 Å². The molecule has 0 unspecified atom stereocenters. The first kappa shape index (κ1) is 11.8. The Labute approximate surface area is 109 Å². The molecule has 0 amide bonds. The van der Waals surface area contributed by atoms with Gasteiger partial charge in [0.05, 0.1) is 11.6 Å². The van der Waals surface area contributed by atoms with Gasteiger partial charge in [-0.3, -0.25) is 4.79 Å². The number of carboxylic acids is 1. The maximum atomic E-state index is 11.0. The summed E-state index contributed by atoms with van der Waals surface area (Å²) in [5.41, 5.74) is 7.28. The molecule has 0 spiro atoms. The number of rotatable bonds is 2. The largest absolute Gasteiger partial charge is 0.481 e. The molecule has 3 rings (SSSR count). The molecule has 0 saturated carbocycles. The van der Waals surface area contributed by atoms with Crippen molar-refractivity contribution >= 4 is 23.3 Å². The van der Waals surface area contributed by atoms with Crippen LogP contribution >= 0.6 is 0 Å². The maximum absolute atomic E-state index is 11.0. The van der Waals surface area contributed by atoms with E-state index in [1.165, 1.54) is 0 Å². The van der Waals surface area contributed by atoms with Crippen LogP contribution in [0.5, 0.6) is 0 Å². The van der Waals surface area contributed by atoms with Crippen LogP contribution in [0, 0.1) is 5.92 Å². The minimum atomic E-state index is -0.704. The highest BCUT2D eigenvalue weighted by Crippen LogP contribution is 2.26. The lowest BCUT2D eigenvalue weighted by Crippen LogP contribution is -2.36. The van der Waals surface area contributed by atoms with Gasteiger partial charge in [-0.1, -0.05) is 0 Å². The highest BCUT2D eigenvalue weighted by Gasteiger charge is 2.25. The number of nitrogens with two attached hydrogens (primary N) is 1. The van der Waals surface area contributed by atoms with Crippen molar-refractivity contribution in [1.82, 2.24) is 14.6 Å². The number of fused-ring (bicyclic) bond motifs is 1. The molecule has 7 nitrogen and oxygen atoms in total. The second-order valence-corrected chi connectivity index (χ2v) is 4.73. The SMILES string of the molecule is Nc1nc2c(N3CCC(C(=O)O)CC3)cccn2n1. The number of piperidine rings is 1. The van der Waals surface area contributed by atoms with E-state index >= 15 is 0 Å². The zero-order valence-electron chi connectivity index (χ0n) is 10.4. The van der Waals surface area contributed by atoms with E-state index in [4.69, 9.17) is 10.8 Å². The van der Waals surface area contributed by atoms with Gasteiger partial charge < -0.3 is 15.7 Å².